The molecule has 2 heteroatoms. The molecule has 1 aliphatic carbocycles. The maximum absolute atomic E-state index is 11.8. The second-order valence-electron chi connectivity index (χ2n) is 4.75. The number of aliphatic hydroxyl groups excluding tert-OH is 1. The molecule has 0 heterocycles. The van der Waals surface area contributed by atoms with E-state index < -0.39 is 0 Å². The molecule has 2 aromatic rings. The Balaban J connectivity index is 2.24. The summed E-state index contributed by atoms with van der Waals surface area (Å²) in [4.78, 5) is 11.8. The van der Waals surface area contributed by atoms with Gasteiger partial charge in [-0.15, -0.1) is 0 Å². The Morgan fingerprint density at radius 2 is 1.63 bits per heavy atom. The van der Waals surface area contributed by atoms with Crippen LogP contribution < -0.4 is 0 Å². The molecule has 19 heavy (non-hydrogen) atoms. The van der Waals surface area contributed by atoms with Crippen molar-refractivity contribution in [2.24, 2.45) is 0 Å². The van der Waals surface area contributed by atoms with Gasteiger partial charge in [-0.2, -0.15) is 0 Å². The van der Waals surface area contributed by atoms with E-state index in [0.717, 1.165) is 16.7 Å². The molecule has 3 rings (SSSR count). The SMILES string of the molecule is CC(=O)C1=C(O)[C@@H](c2ccccc2)c2ccccc21. The number of rotatable bonds is 2. The molecule has 1 aliphatic rings. The fourth-order valence-electron chi connectivity index (χ4n) is 2.76. The fourth-order valence-corrected chi connectivity index (χ4v) is 2.76. The summed E-state index contributed by atoms with van der Waals surface area (Å²) >= 11 is 0. The van der Waals surface area contributed by atoms with Crippen LogP contribution in [0.1, 0.15) is 29.5 Å². The predicted octanol–water partition coefficient (Wildman–Crippen LogP) is 3.69. The molecule has 0 fully saturated rings. The summed E-state index contributed by atoms with van der Waals surface area (Å²) in [6.45, 7) is 1.50. The highest BCUT2D eigenvalue weighted by atomic mass is 16.3. The van der Waals surface area contributed by atoms with Crippen LogP contribution in [0.15, 0.2) is 60.4 Å². The quantitative estimate of drug-likeness (QED) is 0.882. The highest BCUT2D eigenvalue weighted by molar-refractivity contribution is 6.22. The van der Waals surface area contributed by atoms with E-state index in [1.807, 2.05) is 54.6 Å². The molecule has 1 N–H and O–H groups in total. The minimum Gasteiger partial charge on any atom is -0.511 e. The lowest BCUT2D eigenvalue weighted by atomic mass is 9.92. The Hall–Kier alpha value is -2.35. The standard InChI is InChI=1S/C17H14O2/c1-11(18)15-13-9-5-6-10-14(13)16(17(15)19)12-7-3-2-4-8-12/h2-10,16,19H,1H3/t16-/m0/s1. The zero-order chi connectivity index (χ0) is 13.4. The molecule has 0 aromatic heterocycles. The van der Waals surface area contributed by atoms with Gasteiger partial charge in [0, 0.05) is 0 Å². The lowest BCUT2D eigenvalue weighted by Gasteiger charge is -2.13. The first-order valence-corrected chi connectivity index (χ1v) is 6.28. The van der Waals surface area contributed by atoms with Gasteiger partial charge < -0.3 is 5.11 Å². The van der Waals surface area contributed by atoms with Gasteiger partial charge in [-0.1, -0.05) is 54.6 Å². The Morgan fingerprint density at radius 1 is 1.00 bits per heavy atom. The summed E-state index contributed by atoms with van der Waals surface area (Å²) in [5.41, 5.74) is 3.30. The Kier molecular flexibility index (Phi) is 2.71. The van der Waals surface area contributed by atoms with E-state index in [1.54, 1.807) is 0 Å². The van der Waals surface area contributed by atoms with E-state index in [2.05, 4.69) is 0 Å². The minimum absolute atomic E-state index is 0.0941. The monoisotopic (exact) mass is 250 g/mol. The number of benzene rings is 2. The van der Waals surface area contributed by atoms with Crippen molar-refractivity contribution in [2.75, 3.05) is 0 Å². The highest BCUT2D eigenvalue weighted by Crippen LogP contribution is 2.44. The Morgan fingerprint density at radius 3 is 2.32 bits per heavy atom. The number of hydrogen-bond donors (Lipinski definition) is 1. The molecule has 94 valence electrons. The summed E-state index contributed by atoms with van der Waals surface area (Å²) in [5.74, 6) is -0.153. The normalized spacial score (nSPS) is 17.4. The van der Waals surface area contributed by atoms with Crippen LogP contribution >= 0.6 is 0 Å². The van der Waals surface area contributed by atoms with Gasteiger partial charge in [-0.25, -0.2) is 0 Å². The van der Waals surface area contributed by atoms with E-state index >= 15 is 0 Å². The minimum atomic E-state index is -0.226. The van der Waals surface area contributed by atoms with Crippen LogP contribution in [0.2, 0.25) is 0 Å². The fraction of sp³-hybridized carbons (Fsp3) is 0.118. The molecule has 0 unspecified atom stereocenters. The van der Waals surface area contributed by atoms with Gasteiger partial charge in [0.15, 0.2) is 5.78 Å². The summed E-state index contributed by atoms with van der Waals surface area (Å²) < 4.78 is 0. The van der Waals surface area contributed by atoms with Crippen LogP contribution in [0.4, 0.5) is 0 Å². The molecule has 0 bridgehead atoms. The van der Waals surface area contributed by atoms with E-state index in [4.69, 9.17) is 0 Å². The molecule has 2 aromatic carbocycles. The first-order chi connectivity index (χ1) is 9.20. The lowest BCUT2D eigenvalue weighted by Crippen LogP contribution is -2.01. The molecular formula is C17H14O2. The predicted molar refractivity (Wildman–Crippen MR) is 75.0 cm³/mol. The average molecular weight is 250 g/mol. The van der Waals surface area contributed by atoms with Crippen molar-refractivity contribution < 1.29 is 9.90 Å². The van der Waals surface area contributed by atoms with Crippen LogP contribution in [0.3, 0.4) is 0 Å². The van der Waals surface area contributed by atoms with Crippen LogP contribution in [0, 0.1) is 0 Å². The van der Waals surface area contributed by atoms with Crippen molar-refractivity contribution in [3.63, 3.8) is 0 Å². The molecule has 0 radical (unpaired) electrons. The van der Waals surface area contributed by atoms with Gasteiger partial charge in [-0.3, -0.25) is 4.79 Å². The van der Waals surface area contributed by atoms with Gasteiger partial charge in [0.1, 0.15) is 5.76 Å². The van der Waals surface area contributed by atoms with E-state index in [-0.39, 0.29) is 17.5 Å². The summed E-state index contributed by atoms with van der Waals surface area (Å²) in [6.07, 6.45) is 0. The van der Waals surface area contributed by atoms with Crippen molar-refractivity contribution in [2.45, 2.75) is 12.8 Å². The van der Waals surface area contributed by atoms with Crippen molar-refractivity contribution >= 4 is 11.4 Å². The molecule has 0 spiro atoms. The Bertz CT molecular complexity index is 669. The van der Waals surface area contributed by atoms with Gasteiger partial charge >= 0.3 is 0 Å². The number of fused-ring (bicyclic) bond motifs is 1. The summed E-state index contributed by atoms with van der Waals surface area (Å²) in [5, 5.41) is 10.5. The van der Waals surface area contributed by atoms with Crippen LogP contribution in [0.25, 0.3) is 5.57 Å². The first kappa shape index (κ1) is 11.7. The summed E-state index contributed by atoms with van der Waals surface area (Å²) in [7, 11) is 0. The van der Waals surface area contributed by atoms with Crippen molar-refractivity contribution in [1.29, 1.82) is 0 Å². The molecule has 0 saturated carbocycles. The molecule has 2 nitrogen and oxygen atoms in total. The second-order valence-corrected chi connectivity index (χ2v) is 4.75. The van der Waals surface area contributed by atoms with E-state index in [1.165, 1.54) is 6.92 Å². The molecule has 0 amide bonds. The van der Waals surface area contributed by atoms with Crippen molar-refractivity contribution in [1.82, 2.24) is 0 Å². The van der Waals surface area contributed by atoms with Gasteiger partial charge in [0.2, 0.25) is 0 Å². The molecule has 0 aliphatic heterocycles. The van der Waals surface area contributed by atoms with E-state index in [0.29, 0.717) is 5.57 Å². The Labute approximate surface area is 112 Å². The number of Topliss-reactive ketones (excluding diaryl/α,β-unsaturated/α-hetero) is 1. The molecular weight excluding hydrogens is 236 g/mol. The number of ketones is 1. The van der Waals surface area contributed by atoms with Gasteiger partial charge in [-0.05, 0) is 23.6 Å². The van der Waals surface area contributed by atoms with Crippen molar-refractivity contribution in [3.8, 4) is 0 Å². The zero-order valence-electron chi connectivity index (χ0n) is 10.6. The summed E-state index contributed by atoms with van der Waals surface area (Å²) in [6, 6.07) is 17.5. The lowest BCUT2D eigenvalue weighted by molar-refractivity contribution is -0.111. The smallest absolute Gasteiger partial charge is 0.163 e. The molecule has 0 saturated heterocycles. The van der Waals surface area contributed by atoms with Crippen LogP contribution in [0.5, 0.6) is 0 Å². The molecule has 1 atom stereocenters. The number of allylic oxidation sites excluding steroid dienone is 2. The third kappa shape index (κ3) is 1.76. The van der Waals surface area contributed by atoms with Gasteiger partial charge in [0.25, 0.3) is 0 Å². The zero-order valence-corrected chi connectivity index (χ0v) is 10.6. The maximum atomic E-state index is 11.8. The van der Waals surface area contributed by atoms with Gasteiger partial charge in [0.05, 0.1) is 11.5 Å². The topological polar surface area (TPSA) is 37.3 Å². The number of hydrogen-bond acceptors (Lipinski definition) is 2. The number of carbonyl (C=O) groups is 1. The van der Waals surface area contributed by atoms with Crippen LogP contribution in [-0.4, -0.2) is 10.9 Å². The van der Waals surface area contributed by atoms with Crippen molar-refractivity contribution in [3.05, 3.63) is 77.0 Å². The maximum Gasteiger partial charge on any atom is 0.163 e. The average Bonchev–Trinajstić information content (AvgIpc) is 2.71. The number of carbonyl (C=O) groups excluding carboxylic acids is 1. The van der Waals surface area contributed by atoms with E-state index in [9.17, 15) is 9.90 Å². The van der Waals surface area contributed by atoms with Crippen LogP contribution in [-0.2, 0) is 4.79 Å². The first-order valence-electron chi connectivity index (χ1n) is 6.28. The largest absolute Gasteiger partial charge is 0.511 e. The number of aliphatic hydroxyl groups is 1. The third-order valence-electron chi connectivity index (χ3n) is 3.56. The second kappa shape index (κ2) is 4.39. The highest BCUT2D eigenvalue weighted by Gasteiger charge is 2.33. The third-order valence-corrected chi connectivity index (χ3v) is 3.56.